The Hall–Kier alpha value is -0.850. The van der Waals surface area contributed by atoms with E-state index in [1.54, 1.807) is 0 Å². The fourth-order valence-electron chi connectivity index (χ4n) is 5.75. The summed E-state index contributed by atoms with van der Waals surface area (Å²) >= 11 is 0. The maximum absolute atomic E-state index is 4.58. The first-order chi connectivity index (χ1) is 15.1. The molecular formula is C25H50N6. The van der Waals surface area contributed by atoms with Crippen LogP contribution in [0, 0.1) is 11.8 Å². The van der Waals surface area contributed by atoms with E-state index in [0.717, 1.165) is 43.5 Å². The Morgan fingerprint density at radius 1 is 0.871 bits per heavy atom. The molecule has 31 heavy (non-hydrogen) atoms. The summed E-state index contributed by atoms with van der Waals surface area (Å²) in [6, 6.07) is 0.825. The number of hydrogen-bond donors (Lipinski definition) is 1. The summed E-state index contributed by atoms with van der Waals surface area (Å²) in [6.07, 6.45) is 8.18. The van der Waals surface area contributed by atoms with Crippen molar-refractivity contribution in [1.82, 2.24) is 24.9 Å². The van der Waals surface area contributed by atoms with Gasteiger partial charge in [-0.2, -0.15) is 0 Å². The van der Waals surface area contributed by atoms with Gasteiger partial charge in [-0.1, -0.05) is 20.8 Å². The molecule has 1 saturated carbocycles. The lowest BCUT2D eigenvalue weighted by Crippen LogP contribution is -2.55. The van der Waals surface area contributed by atoms with Gasteiger partial charge < -0.3 is 20.0 Å². The van der Waals surface area contributed by atoms with Crippen molar-refractivity contribution in [3.63, 3.8) is 0 Å². The number of nitrogens with zero attached hydrogens (tertiary/aromatic N) is 5. The Balaban J connectivity index is 1.27. The maximum Gasteiger partial charge on any atom is 0.193 e. The molecule has 0 atom stereocenters. The largest absolute Gasteiger partial charge is 0.356 e. The van der Waals surface area contributed by atoms with Crippen LogP contribution < -0.4 is 5.32 Å². The van der Waals surface area contributed by atoms with E-state index in [1.165, 1.54) is 90.9 Å². The van der Waals surface area contributed by atoms with Crippen molar-refractivity contribution in [2.75, 3.05) is 79.0 Å². The molecule has 0 unspecified atom stereocenters. The predicted octanol–water partition coefficient (Wildman–Crippen LogP) is 2.81. The van der Waals surface area contributed by atoms with Gasteiger partial charge in [-0.15, -0.1) is 0 Å². The van der Waals surface area contributed by atoms with Crippen LogP contribution in [0.2, 0.25) is 0 Å². The highest BCUT2D eigenvalue weighted by Crippen LogP contribution is 2.32. The van der Waals surface area contributed by atoms with Crippen molar-refractivity contribution < 1.29 is 0 Å². The molecule has 3 fully saturated rings. The van der Waals surface area contributed by atoms with Crippen molar-refractivity contribution in [2.24, 2.45) is 16.8 Å². The van der Waals surface area contributed by atoms with Crippen LogP contribution in [0.15, 0.2) is 4.99 Å². The summed E-state index contributed by atoms with van der Waals surface area (Å²) in [5.41, 5.74) is 0. The lowest BCUT2D eigenvalue weighted by molar-refractivity contribution is 0.0864. The molecule has 3 rings (SSSR count). The Labute approximate surface area is 192 Å². The number of unbranched alkanes of at least 4 members (excludes halogenated alkanes) is 1. The van der Waals surface area contributed by atoms with Crippen molar-refractivity contribution >= 4 is 5.96 Å². The highest BCUT2D eigenvalue weighted by Gasteiger charge is 2.29. The molecule has 2 heterocycles. The molecule has 180 valence electrons. The van der Waals surface area contributed by atoms with Crippen LogP contribution >= 0.6 is 0 Å². The zero-order chi connectivity index (χ0) is 22.1. The molecule has 0 aromatic rings. The van der Waals surface area contributed by atoms with E-state index >= 15 is 0 Å². The van der Waals surface area contributed by atoms with Gasteiger partial charge in [0.1, 0.15) is 0 Å². The Morgan fingerprint density at radius 3 is 2.10 bits per heavy atom. The number of likely N-dealkylation sites (N-methyl/N-ethyl adjacent to an activating group) is 1. The van der Waals surface area contributed by atoms with Gasteiger partial charge in [-0.25, -0.2) is 0 Å². The van der Waals surface area contributed by atoms with Crippen LogP contribution in [-0.4, -0.2) is 111 Å². The third-order valence-corrected chi connectivity index (χ3v) is 8.12. The van der Waals surface area contributed by atoms with Gasteiger partial charge in [0.25, 0.3) is 0 Å². The van der Waals surface area contributed by atoms with Gasteiger partial charge in [-0.3, -0.25) is 9.89 Å². The van der Waals surface area contributed by atoms with E-state index in [0.29, 0.717) is 0 Å². The number of piperazine rings is 2. The second-order valence-electron chi connectivity index (χ2n) is 10.3. The van der Waals surface area contributed by atoms with E-state index in [4.69, 9.17) is 0 Å². The minimum atomic E-state index is 0.825. The maximum atomic E-state index is 4.58. The second kappa shape index (κ2) is 13.0. The van der Waals surface area contributed by atoms with Crippen LogP contribution in [0.3, 0.4) is 0 Å². The average Bonchev–Trinajstić information content (AvgIpc) is 2.82. The van der Waals surface area contributed by atoms with Crippen LogP contribution in [-0.2, 0) is 0 Å². The lowest BCUT2D eigenvalue weighted by atomic mass is 9.79. The van der Waals surface area contributed by atoms with E-state index in [2.05, 4.69) is 50.7 Å². The molecule has 0 spiro atoms. The van der Waals surface area contributed by atoms with Crippen molar-refractivity contribution in [1.29, 1.82) is 0 Å². The topological polar surface area (TPSA) is 37.4 Å². The predicted molar refractivity (Wildman–Crippen MR) is 133 cm³/mol. The van der Waals surface area contributed by atoms with Crippen LogP contribution in [0.5, 0.6) is 0 Å². The van der Waals surface area contributed by atoms with Crippen LogP contribution in [0.4, 0.5) is 0 Å². The van der Waals surface area contributed by atoms with Gasteiger partial charge in [-0.05, 0) is 63.5 Å². The van der Waals surface area contributed by atoms with Crippen molar-refractivity contribution in [2.45, 2.75) is 65.3 Å². The molecule has 0 bridgehead atoms. The molecular weight excluding hydrogens is 384 g/mol. The third-order valence-electron chi connectivity index (χ3n) is 8.12. The molecule has 1 aliphatic carbocycles. The van der Waals surface area contributed by atoms with E-state index < -0.39 is 0 Å². The number of aliphatic imine (C=N–C) groups is 1. The molecule has 2 aliphatic heterocycles. The van der Waals surface area contributed by atoms with Gasteiger partial charge in [0.2, 0.25) is 0 Å². The molecule has 1 N–H and O–H groups in total. The summed E-state index contributed by atoms with van der Waals surface area (Å²) in [4.78, 5) is 15.0. The Bertz CT molecular complexity index is 512. The molecule has 2 saturated heterocycles. The lowest BCUT2D eigenvalue weighted by Gasteiger charge is -2.43. The molecule has 6 nitrogen and oxygen atoms in total. The number of nitrogens with one attached hydrogen (secondary N) is 1. The number of hydrogen-bond acceptors (Lipinski definition) is 4. The minimum absolute atomic E-state index is 0.825. The minimum Gasteiger partial charge on any atom is -0.356 e. The molecule has 3 aliphatic rings. The van der Waals surface area contributed by atoms with Gasteiger partial charge >= 0.3 is 0 Å². The van der Waals surface area contributed by atoms with Crippen LogP contribution in [0.1, 0.15) is 59.3 Å². The first-order valence-corrected chi connectivity index (χ1v) is 13.2. The summed E-state index contributed by atoms with van der Waals surface area (Å²) in [5, 5.41) is 3.64. The Kier molecular flexibility index (Phi) is 10.4. The molecule has 0 aromatic heterocycles. The SMILES string of the molecule is CCN1CCN(CCCCNC(=NC)N2CCN(C3CCC(C(C)C)CC3)CC2)CC1. The molecule has 0 amide bonds. The van der Waals surface area contributed by atoms with Crippen molar-refractivity contribution in [3.05, 3.63) is 0 Å². The monoisotopic (exact) mass is 434 g/mol. The molecule has 0 aromatic carbocycles. The quantitative estimate of drug-likeness (QED) is 0.361. The third kappa shape index (κ3) is 7.61. The second-order valence-corrected chi connectivity index (χ2v) is 10.3. The van der Waals surface area contributed by atoms with Gasteiger partial charge in [0.15, 0.2) is 5.96 Å². The fraction of sp³-hybridized carbons (Fsp3) is 0.960. The van der Waals surface area contributed by atoms with E-state index in [1.807, 2.05) is 7.05 Å². The smallest absolute Gasteiger partial charge is 0.193 e. The Morgan fingerprint density at radius 2 is 1.52 bits per heavy atom. The summed E-state index contributed by atoms with van der Waals surface area (Å²) in [7, 11) is 1.94. The van der Waals surface area contributed by atoms with E-state index in [-0.39, 0.29) is 0 Å². The zero-order valence-corrected chi connectivity index (χ0v) is 21.0. The highest BCUT2D eigenvalue weighted by atomic mass is 15.3. The highest BCUT2D eigenvalue weighted by molar-refractivity contribution is 5.79. The fourth-order valence-corrected chi connectivity index (χ4v) is 5.75. The summed E-state index contributed by atoms with van der Waals surface area (Å²) in [5.74, 6) is 2.93. The van der Waals surface area contributed by atoms with Gasteiger partial charge in [0, 0.05) is 72.0 Å². The van der Waals surface area contributed by atoms with Crippen LogP contribution in [0.25, 0.3) is 0 Å². The molecule has 0 radical (unpaired) electrons. The summed E-state index contributed by atoms with van der Waals surface area (Å²) in [6.45, 7) is 20.1. The molecule has 6 heteroatoms. The summed E-state index contributed by atoms with van der Waals surface area (Å²) < 4.78 is 0. The van der Waals surface area contributed by atoms with Gasteiger partial charge in [0.05, 0.1) is 0 Å². The van der Waals surface area contributed by atoms with Crippen molar-refractivity contribution in [3.8, 4) is 0 Å². The normalized spacial score (nSPS) is 27.8. The number of rotatable bonds is 8. The number of guanidine groups is 1. The average molecular weight is 435 g/mol. The first kappa shape index (κ1) is 24.8. The zero-order valence-electron chi connectivity index (χ0n) is 21.0. The standard InChI is InChI=1S/C25H50N6/c1-5-28-14-16-29(17-15-28)13-7-6-12-27-25(26-4)31-20-18-30(19-21-31)24-10-8-23(9-11-24)22(2)3/h22-24H,5-21H2,1-4H3,(H,26,27). The first-order valence-electron chi connectivity index (χ1n) is 13.2. The van der Waals surface area contributed by atoms with E-state index in [9.17, 15) is 0 Å².